The van der Waals surface area contributed by atoms with E-state index in [0.717, 1.165) is 0 Å². The summed E-state index contributed by atoms with van der Waals surface area (Å²) in [5.74, 6) is -0.745. The molecular weight excluding hydrogens is 356 g/mol. The molecule has 0 saturated carbocycles. The molecule has 2 aromatic heterocycles. The molecule has 0 aliphatic heterocycles. The number of pyridine rings is 2. The van der Waals surface area contributed by atoms with Gasteiger partial charge in [0.1, 0.15) is 5.52 Å². The third kappa shape index (κ3) is 2.99. The molecule has 21 heavy (non-hydrogen) atoms. The lowest BCUT2D eigenvalue weighted by Gasteiger charge is -2.11. The normalized spacial score (nSPS) is 12.7. The van der Waals surface area contributed by atoms with Crippen LogP contribution in [0.25, 0.3) is 11.0 Å². The number of aromatic nitrogens is 2. The lowest BCUT2D eigenvalue weighted by Crippen LogP contribution is -2.28. The van der Waals surface area contributed by atoms with Gasteiger partial charge in [-0.05, 0) is 13.0 Å². The molecule has 0 atom stereocenters. The second kappa shape index (κ2) is 5.15. The minimum atomic E-state index is -5.82. The minimum Gasteiger partial charge on any atom is -0.355 e. The fraction of sp³-hybridized carbons (Fsp3) is 0.200. The molecule has 0 aliphatic carbocycles. The molecule has 0 aromatic carbocycles. The molecule has 2 aromatic rings. The lowest BCUT2D eigenvalue weighted by molar-refractivity contribution is -0.0501. The van der Waals surface area contributed by atoms with Crippen molar-refractivity contribution in [2.75, 3.05) is 0 Å². The van der Waals surface area contributed by atoms with Crippen molar-refractivity contribution in [2.45, 2.75) is 12.4 Å². The summed E-state index contributed by atoms with van der Waals surface area (Å²) in [6, 6.07) is 1.28. The van der Waals surface area contributed by atoms with E-state index >= 15 is 0 Å². The Morgan fingerprint density at radius 1 is 1.29 bits per heavy atom. The van der Waals surface area contributed by atoms with Crippen LogP contribution in [0.3, 0.4) is 0 Å². The van der Waals surface area contributed by atoms with Crippen LogP contribution in [0.5, 0.6) is 5.88 Å². The number of alkyl halides is 3. The summed E-state index contributed by atoms with van der Waals surface area (Å²) in [6.07, 6.45) is 1.24. The van der Waals surface area contributed by atoms with Crippen molar-refractivity contribution in [1.29, 1.82) is 0 Å². The van der Waals surface area contributed by atoms with Gasteiger partial charge in [0, 0.05) is 11.8 Å². The van der Waals surface area contributed by atoms with Crippen molar-refractivity contribution in [3.63, 3.8) is 0 Å². The Morgan fingerprint density at radius 3 is 2.48 bits per heavy atom. The Morgan fingerprint density at radius 2 is 1.90 bits per heavy atom. The summed E-state index contributed by atoms with van der Waals surface area (Å²) in [7, 11) is -5.82. The van der Waals surface area contributed by atoms with E-state index < -0.39 is 21.5 Å². The van der Waals surface area contributed by atoms with Crippen LogP contribution in [-0.4, -0.2) is 23.9 Å². The molecule has 11 heteroatoms. The van der Waals surface area contributed by atoms with E-state index in [9.17, 15) is 21.6 Å². The van der Waals surface area contributed by atoms with E-state index in [4.69, 9.17) is 23.2 Å². The first kappa shape index (κ1) is 16.1. The van der Waals surface area contributed by atoms with Gasteiger partial charge in [-0.15, -0.1) is 0 Å². The zero-order chi connectivity index (χ0) is 16.0. The quantitative estimate of drug-likeness (QED) is 0.605. The van der Waals surface area contributed by atoms with Gasteiger partial charge in [-0.3, -0.25) is 4.98 Å². The van der Waals surface area contributed by atoms with Crippen LogP contribution in [0.4, 0.5) is 13.2 Å². The summed E-state index contributed by atoms with van der Waals surface area (Å²) in [4.78, 5) is 7.54. The Labute approximate surface area is 126 Å². The molecule has 114 valence electrons. The Hall–Kier alpha value is -1.32. The van der Waals surface area contributed by atoms with Gasteiger partial charge >= 0.3 is 15.6 Å². The smallest absolute Gasteiger partial charge is 0.355 e. The van der Waals surface area contributed by atoms with Crippen LogP contribution >= 0.6 is 23.2 Å². The van der Waals surface area contributed by atoms with Crippen LogP contribution in [0, 0.1) is 6.92 Å². The number of fused-ring (bicyclic) bond motifs is 1. The lowest BCUT2D eigenvalue weighted by atomic mass is 10.2. The number of rotatable bonds is 2. The first-order valence-electron chi connectivity index (χ1n) is 5.15. The summed E-state index contributed by atoms with van der Waals surface area (Å²) >= 11 is 11.6. The number of hydrogen-bond acceptors (Lipinski definition) is 5. The average Bonchev–Trinajstić information content (AvgIpc) is 2.34. The topological polar surface area (TPSA) is 69.2 Å². The maximum Gasteiger partial charge on any atom is 0.534 e. The van der Waals surface area contributed by atoms with Gasteiger partial charge in [-0.1, -0.05) is 23.2 Å². The molecular formula is C10H5Cl2F3N2O3S. The van der Waals surface area contributed by atoms with E-state index in [0.29, 0.717) is 0 Å². The standard InChI is InChI=1S/C10H5Cl2F3N2O3S/c1-4-2-6-8(7(12)5(11)3-16-6)17-9(4)20-21(18,19)10(13,14)15/h2-3H,1H3. The summed E-state index contributed by atoms with van der Waals surface area (Å²) in [5.41, 5.74) is -5.35. The van der Waals surface area contributed by atoms with Gasteiger partial charge in [0.25, 0.3) is 0 Å². The second-order valence-electron chi connectivity index (χ2n) is 3.88. The highest BCUT2D eigenvalue weighted by Crippen LogP contribution is 2.33. The molecule has 0 spiro atoms. The predicted octanol–water partition coefficient (Wildman–Crippen LogP) is 3.47. The van der Waals surface area contributed by atoms with Crippen molar-refractivity contribution < 1.29 is 25.8 Å². The highest BCUT2D eigenvalue weighted by atomic mass is 35.5. The molecule has 0 unspecified atom stereocenters. The third-order valence-corrected chi connectivity index (χ3v) is 4.06. The summed E-state index contributed by atoms with van der Waals surface area (Å²) in [5, 5.41) is -0.0546. The Balaban J connectivity index is 2.61. The molecule has 0 aliphatic rings. The zero-order valence-corrected chi connectivity index (χ0v) is 12.4. The van der Waals surface area contributed by atoms with Crippen molar-refractivity contribution >= 4 is 44.4 Å². The SMILES string of the molecule is Cc1cc2ncc(Cl)c(Cl)c2nc1OS(=O)(=O)C(F)(F)F. The van der Waals surface area contributed by atoms with Crippen molar-refractivity contribution in [3.05, 3.63) is 27.9 Å². The first-order chi connectivity index (χ1) is 9.53. The molecule has 0 saturated heterocycles. The van der Waals surface area contributed by atoms with Gasteiger partial charge in [0.15, 0.2) is 0 Å². The van der Waals surface area contributed by atoms with E-state index in [1.54, 1.807) is 0 Å². The minimum absolute atomic E-state index is 0.0187. The zero-order valence-electron chi connectivity index (χ0n) is 10.1. The molecule has 2 heterocycles. The summed E-state index contributed by atoms with van der Waals surface area (Å²) in [6.45, 7) is 1.32. The van der Waals surface area contributed by atoms with Gasteiger partial charge < -0.3 is 4.18 Å². The molecule has 0 amide bonds. The van der Waals surface area contributed by atoms with E-state index in [1.807, 2.05) is 0 Å². The van der Waals surface area contributed by atoms with Gasteiger partial charge in [-0.25, -0.2) is 4.98 Å². The molecule has 2 rings (SSSR count). The second-order valence-corrected chi connectivity index (χ2v) is 6.20. The van der Waals surface area contributed by atoms with Crippen LogP contribution in [0.2, 0.25) is 10.0 Å². The number of nitrogens with zero attached hydrogens (tertiary/aromatic N) is 2. The monoisotopic (exact) mass is 360 g/mol. The highest BCUT2D eigenvalue weighted by Gasteiger charge is 2.49. The van der Waals surface area contributed by atoms with Gasteiger partial charge in [0.05, 0.1) is 15.6 Å². The highest BCUT2D eigenvalue weighted by molar-refractivity contribution is 7.87. The number of hydrogen-bond donors (Lipinski definition) is 0. The van der Waals surface area contributed by atoms with E-state index in [1.165, 1.54) is 19.2 Å². The largest absolute Gasteiger partial charge is 0.534 e. The maximum atomic E-state index is 12.3. The molecule has 0 N–H and O–H groups in total. The molecule has 5 nitrogen and oxygen atoms in total. The van der Waals surface area contributed by atoms with Crippen LogP contribution < -0.4 is 4.18 Å². The Bertz CT molecular complexity index is 824. The van der Waals surface area contributed by atoms with Crippen molar-refractivity contribution in [3.8, 4) is 5.88 Å². The number of halogens is 5. The fourth-order valence-electron chi connectivity index (χ4n) is 1.37. The Kier molecular flexibility index (Phi) is 3.94. The predicted molar refractivity (Wildman–Crippen MR) is 69.9 cm³/mol. The molecule has 0 bridgehead atoms. The summed E-state index contributed by atoms with van der Waals surface area (Å²) < 4.78 is 62.9. The van der Waals surface area contributed by atoms with Crippen molar-refractivity contribution in [2.24, 2.45) is 0 Å². The number of aryl methyl sites for hydroxylation is 1. The van der Waals surface area contributed by atoms with Gasteiger partial charge in [-0.2, -0.15) is 21.6 Å². The maximum absolute atomic E-state index is 12.3. The van der Waals surface area contributed by atoms with E-state index in [2.05, 4.69) is 14.2 Å². The molecule has 0 fully saturated rings. The average molecular weight is 361 g/mol. The molecule has 0 radical (unpaired) electrons. The van der Waals surface area contributed by atoms with Crippen LogP contribution in [0.1, 0.15) is 5.56 Å². The fourth-order valence-corrected chi connectivity index (χ4v) is 2.17. The van der Waals surface area contributed by atoms with Gasteiger partial charge in [0.2, 0.25) is 5.88 Å². The van der Waals surface area contributed by atoms with Crippen LogP contribution in [-0.2, 0) is 10.1 Å². The van der Waals surface area contributed by atoms with E-state index in [-0.39, 0.29) is 26.6 Å². The van der Waals surface area contributed by atoms with Crippen molar-refractivity contribution in [1.82, 2.24) is 9.97 Å². The third-order valence-electron chi connectivity index (χ3n) is 2.35. The van der Waals surface area contributed by atoms with Crippen LogP contribution in [0.15, 0.2) is 12.3 Å². The first-order valence-corrected chi connectivity index (χ1v) is 7.31.